The van der Waals surface area contributed by atoms with Crippen LogP contribution in [0.15, 0.2) is 64.6 Å². The molecule has 3 aromatic rings. The monoisotopic (exact) mass is 413 g/mol. The highest BCUT2D eigenvalue weighted by Gasteiger charge is 2.08. The summed E-state index contributed by atoms with van der Waals surface area (Å²) < 4.78 is 0. The van der Waals surface area contributed by atoms with Crippen LogP contribution in [0.2, 0.25) is 10.0 Å². The number of benzene rings is 2. The lowest BCUT2D eigenvalue weighted by molar-refractivity contribution is 0.476. The van der Waals surface area contributed by atoms with Crippen LogP contribution in [0.3, 0.4) is 0 Å². The summed E-state index contributed by atoms with van der Waals surface area (Å²) in [7, 11) is 0. The smallest absolute Gasteiger partial charge is 0.141 e. The van der Waals surface area contributed by atoms with E-state index in [2.05, 4.69) is 15.0 Å². The molecule has 28 heavy (non-hydrogen) atoms. The fourth-order valence-corrected chi connectivity index (χ4v) is 2.82. The maximum atomic E-state index is 9.95. The normalized spacial score (nSPS) is 12.3. The lowest BCUT2D eigenvalue weighted by Gasteiger charge is -2.06. The summed E-state index contributed by atoms with van der Waals surface area (Å²) in [4.78, 5) is 13.4. The summed E-state index contributed by atoms with van der Waals surface area (Å²) in [6, 6.07) is 14.8. The minimum absolute atomic E-state index is 0.0362. The Labute approximate surface area is 172 Å². The van der Waals surface area contributed by atoms with Crippen molar-refractivity contribution in [3.8, 4) is 11.5 Å². The molecule has 0 amide bonds. The van der Waals surface area contributed by atoms with Gasteiger partial charge in [-0.25, -0.2) is 15.0 Å². The Kier molecular flexibility index (Phi) is 5.97. The van der Waals surface area contributed by atoms with Crippen LogP contribution >= 0.6 is 23.2 Å². The van der Waals surface area contributed by atoms with Crippen molar-refractivity contribution in [1.82, 2.24) is 4.98 Å². The van der Waals surface area contributed by atoms with E-state index >= 15 is 0 Å². The highest BCUT2D eigenvalue weighted by Crippen LogP contribution is 2.31. The first kappa shape index (κ1) is 19.9. The predicted octanol–water partition coefficient (Wildman–Crippen LogP) is 6.08. The average Bonchev–Trinajstić information content (AvgIpc) is 2.67. The molecule has 2 N–H and O–H groups in total. The molecule has 7 heteroatoms. The zero-order valence-corrected chi connectivity index (χ0v) is 16.7. The summed E-state index contributed by atoms with van der Waals surface area (Å²) >= 11 is 11.9. The van der Waals surface area contributed by atoms with Crippen molar-refractivity contribution < 1.29 is 10.2 Å². The fourth-order valence-electron chi connectivity index (χ4n) is 2.49. The van der Waals surface area contributed by atoms with Gasteiger partial charge in [0.15, 0.2) is 0 Å². The number of phenols is 2. The maximum Gasteiger partial charge on any atom is 0.141 e. The summed E-state index contributed by atoms with van der Waals surface area (Å²) in [6.07, 6.45) is 0. The van der Waals surface area contributed by atoms with E-state index < -0.39 is 0 Å². The van der Waals surface area contributed by atoms with E-state index in [4.69, 9.17) is 23.2 Å². The molecule has 1 aromatic heterocycles. The molecule has 3 rings (SSSR count). The third kappa shape index (κ3) is 4.68. The first-order valence-electron chi connectivity index (χ1n) is 8.39. The number of halogens is 2. The molecule has 0 atom stereocenters. The number of nitrogens with zero attached hydrogens (tertiary/aromatic N) is 3. The molecule has 5 nitrogen and oxygen atoms in total. The standard InChI is InChI=1S/C21H17Cl2N3O2/c1-12(24-18-10-14(22)6-8-20(18)27)16-4-3-5-17(26-16)13(2)25-19-11-15(23)7-9-21(19)28/h3-11,27-28H,1-2H3. The molecule has 0 aliphatic heterocycles. The van der Waals surface area contributed by atoms with Gasteiger partial charge in [-0.15, -0.1) is 0 Å². The van der Waals surface area contributed by atoms with E-state index in [1.165, 1.54) is 12.1 Å². The Morgan fingerprint density at radius 1 is 0.750 bits per heavy atom. The Balaban J connectivity index is 1.95. The van der Waals surface area contributed by atoms with Crippen LogP contribution in [0.4, 0.5) is 11.4 Å². The van der Waals surface area contributed by atoms with Crippen LogP contribution in [0, 0.1) is 0 Å². The van der Waals surface area contributed by atoms with Gasteiger partial charge in [0.05, 0.1) is 22.8 Å². The van der Waals surface area contributed by atoms with Crippen molar-refractivity contribution in [3.63, 3.8) is 0 Å². The fraction of sp³-hybridized carbons (Fsp3) is 0.0952. The van der Waals surface area contributed by atoms with Gasteiger partial charge in [0.25, 0.3) is 0 Å². The molecule has 0 radical (unpaired) electrons. The minimum Gasteiger partial charge on any atom is -0.506 e. The van der Waals surface area contributed by atoms with Crippen LogP contribution in [-0.4, -0.2) is 26.6 Å². The SMILES string of the molecule is CC(=Nc1cc(Cl)ccc1O)c1cccc(C(C)=Nc2cc(Cl)ccc2O)n1. The van der Waals surface area contributed by atoms with Crippen molar-refractivity contribution in [2.24, 2.45) is 9.98 Å². The van der Waals surface area contributed by atoms with Gasteiger partial charge in [-0.05, 0) is 62.4 Å². The molecule has 0 unspecified atom stereocenters. The molecule has 0 saturated heterocycles. The average molecular weight is 414 g/mol. The zero-order valence-electron chi connectivity index (χ0n) is 15.2. The molecule has 0 spiro atoms. The highest BCUT2D eigenvalue weighted by molar-refractivity contribution is 6.31. The minimum atomic E-state index is 0.0362. The van der Waals surface area contributed by atoms with Crippen molar-refractivity contribution in [1.29, 1.82) is 0 Å². The Bertz CT molecular complexity index is 1010. The Hall–Kier alpha value is -2.89. The lowest BCUT2D eigenvalue weighted by atomic mass is 10.2. The molecule has 0 saturated carbocycles. The van der Waals surface area contributed by atoms with Crippen molar-refractivity contribution in [2.75, 3.05) is 0 Å². The van der Waals surface area contributed by atoms with Gasteiger partial charge in [-0.3, -0.25) is 0 Å². The molecule has 0 aliphatic carbocycles. The van der Waals surface area contributed by atoms with Crippen molar-refractivity contribution >= 4 is 46.0 Å². The quantitative estimate of drug-likeness (QED) is 0.508. The summed E-state index contributed by atoms with van der Waals surface area (Å²) in [5, 5.41) is 20.9. The molecule has 1 heterocycles. The van der Waals surface area contributed by atoms with Gasteiger partial charge < -0.3 is 10.2 Å². The number of hydrogen-bond donors (Lipinski definition) is 2. The maximum absolute atomic E-state index is 9.95. The van der Waals surface area contributed by atoms with Crippen LogP contribution < -0.4 is 0 Å². The van der Waals surface area contributed by atoms with Crippen LogP contribution in [0.25, 0.3) is 0 Å². The second-order valence-electron chi connectivity index (χ2n) is 6.07. The summed E-state index contributed by atoms with van der Waals surface area (Å²) in [6.45, 7) is 3.59. The Morgan fingerprint density at radius 3 is 1.61 bits per heavy atom. The number of pyridine rings is 1. The number of aromatic nitrogens is 1. The van der Waals surface area contributed by atoms with Crippen molar-refractivity contribution in [2.45, 2.75) is 13.8 Å². The Morgan fingerprint density at radius 2 is 1.18 bits per heavy atom. The number of phenolic OH excluding ortho intramolecular Hbond substituents is 2. The van der Waals surface area contributed by atoms with E-state index in [1.54, 1.807) is 38.1 Å². The van der Waals surface area contributed by atoms with Gasteiger partial charge in [0, 0.05) is 10.0 Å². The molecular formula is C21H17Cl2N3O2. The topological polar surface area (TPSA) is 78.1 Å². The van der Waals surface area contributed by atoms with Gasteiger partial charge in [0.1, 0.15) is 22.9 Å². The number of aliphatic imine (C=N–C) groups is 2. The summed E-state index contributed by atoms with van der Waals surface area (Å²) in [5.41, 5.74) is 3.21. The molecule has 0 fully saturated rings. The third-order valence-electron chi connectivity index (χ3n) is 3.94. The van der Waals surface area contributed by atoms with Gasteiger partial charge >= 0.3 is 0 Å². The molecule has 142 valence electrons. The molecule has 0 bridgehead atoms. The largest absolute Gasteiger partial charge is 0.506 e. The molecule has 0 aliphatic rings. The van der Waals surface area contributed by atoms with E-state index in [1.807, 2.05) is 18.2 Å². The van der Waals surface area contributed by atoms with Gasteiger partial charge in [0.2, 0.25) is 0 Å². The second kappa shape index (κ2) is 8.42. The third-order valence-corrected chi connectivity index (χ3v) is 4.41. The van der Waals surface area contributed by atoms with Crippen LogP contribution in [-0.2, 0) is 0 Å². The number of hydrogen-bond acceptors (Lipinski definition) is 5. The number of aromatic hydroxyl groups is 2. The van der Waals surface area contributed by atoms with Gasteiger partial charge in [-0.2, -0.15) is 0 Å². The van der Waals surface area contributed by atoms with Crippen molar-refractivity contribution in [3.05, 3.63) is 76.0 Å². The molecular weight excluding hydrogens is 397 g/mol. The first-order valence-corrected chi connectivity index (χ1v) is 9.14. The van der Waals surface area contributed by atoms with Crippen LogP contribution in [0.5, 0.6) is 11.5 Å². The molecule has 2 aromatic carbocycles. The van der Waals surface area contributed by atoms with Crippen LogP contribution in [0.1, 0.15) is 25.2 Å². The van der Waals surface area contributed by atoms with E-state index in [-0.39, 0.29) is 11.5 Å². The first-order chi connectivity index (χ1) is 13.3. The van der Waals surface area contributed by atoms with Gasteiger partial charge in [-0.1, -0.05) is 29.3 Å². The zero-order chi connectivity index (χ0) is 20.3. The van der Waals surface area contributed by atoms with E-state index in [0.29, 0.717) is 44.2 Å². The lowest BCUT2D eigenvalue weighted by Crippen LogP contribution is -2.05. The van der Waals surface area contributed by atoms with E-state index in [9.17, 15) is 10.2 Å². The van der Waals surface area contributed by atoms with E-state index in [0.717, 1.165) is 0 Å². The summed E-state index contributed by atoms with van der Waals surface area (Å²) in [5.74, 6) is 0.0724. The predicted molar refractivity (Wildman–Crippen MR) is 114 cm³/mol. The number of rotatable bonds is 4. The second-order valence-corrected chi connectivity index (χ2v) is 6.94. The highest BCUT2D eigenvalue weighted by atomic mass is 35.5.